The van der Waals surface area contributed by atoms with Crippen molar-refractivity contribution in [2.45, 2.75) is 82.6 Å². The summed E-state index contributed by atoms with van der Waals surface area (Å²) in [4.78, 5) is 25.1. The van der Waals surface area contributed by atoms with E-state index in [1.807, 2.05) is 16.6 Å². The summed E-state index contributed by atoms with van der Waals surface area (Å²) in [5.41, 5.74) is 7.23. The van der Waals surface area contributed by atoms with Gasteiger partial charge in [-0.2, -0.15) is 10.2 Å². The summed E-state index contributed by atoms with van der Waals surface area (Å²) in [5.74, 6) is 0.727. The maximum Gasteiger partial charge on any atom is 0.255 e. The molecule has 3 aliphatic carbocycles. The second-order valence-electron chi connectivity index (χ2n) is 12.5. The number of aromatic nitrogens is 4. The summed E-state index contributed by atoms with van der Waals surface area (Å²) in [7, 11) is 1.60. The number of amides is 2. The van der Waals surface area contributed by atoms with Crippen LogP contribution in [0, 0.1) is 5.41 Å². The highest BCUT2D eigenvalue weighted by molar-refractivity contribution is 6.01. The third-order valence-electron chi connectivity index (χ3n) is 8.33. The Morgan fingerprint density at radius 1 is 1.15 bits per heavy atom. The molecule has 3 aromatic rings. The number of fused-ring (bicyclic) bond motifs is 1. The lowest BCUT2D eigenvalue weighted by Crippen LogP contribution is -2.58. The van der Waals surface area contributed by atoms with Crippen LogP contribution in [0.4, 0.5) is 0 Å². The number of rotatable bonds is 12. The van der Waals surface area contributed by atoms with Gasteiger partial charge in [-0.05, 0) is 69.9 Å². The van der Waals surface area contributed by atoms with Gasteiger partial charge in [-0.3, -0.25) is 9.59 Å². The number of carbonyl (C=O) groups is 2. The smallest absolute Gasteiger partial charge is 0.255 e. The summed E-state index contributed by atoms with van der Waals surface area (Å²) < 4.78 is 20.7. The fourth-order valence-corrected chi connectivity index (χ4v) is 6.17. The Morgan fingerprint density at radius 3 is 2.54 bits per heavy atom. The molecule has 0 aromatic carbocycles. The van der Waals surface area contributed by atoms with Crippen molar-refractivity contribution in [3.63, 3.8) is 0 Å². The SMILES string of the molecule is COCCn1ncc(C(N)=O)c1O[C@H]1CC2(C[C@H](NC(=O)c3cnn4c(C5CC5)c(OCC(C)(C)O)ccc34)C2)C1. The standard InChI is InChI=1S/C29H38N6O6/c1-28(2,38)16-40-23-7-6-22-20(14-32-35(22)24(23)17-4-5-17)26(37)33-18-10-29(11-18)12-19(13-29)41-27-21(25(30)36)15-31-34(27)8-9-39-3/h6-7,14-15,17-19,38H,4-5,8-13,16H2,1-3H3,(H2,30,36)(H,33,37)/t18-,19-,29?. The van der Waals surface area contributed by atoms with Crippen molar-refractivity contribution in [2.24, 2.45) is 11.1 Å². The summed E-state index contributed by atoms with van der Waals surface area (Å²) in [6.07, 6.45) is 8.59. The van der Waals surface area contributed by atoms with Gasteiger partial charge in [-0.1, -0.05) is 0 Å². The molecule has 12 nitrogen and oxygen atoms in total. The monoisotopic (exact) mass is 566 g/mol. The molecule has 220 valence electrons. The molecule has 3 aliphatic rings. The Balaban J connectivity index is 1.06. The minimum atomic E-state index is -0.948. The van der Waals surface area contributed by atoms with Gasteiger partial charge in [0.05, 0.1) is 47.9 Å². The molecule has 0 bridgehead atoms. The highest BCUT2D eigenvalue weighted by atomic mass is 16.5. The van der Waals surface area contributed by atoms with Gasteiger partial charge in [0, 0.05) is 19.1 Å². The van der Waals surface area contributed by atoms with Crippen LogP contribution in [-0.2, 0) is 11.3 Å². The van der Waals surface area contributed by atoms with Gasteiger partial charge in [-0.25, -0.2) is 9.20 Å². The quantitative estimate of drug-likeness (QED) is 0.302. The predicted molar refractivity (Wildman–Crippen MR) is 148 cm³/mol. The number of ether oxygens (including phenoxy) is 3. The second kappa shape index (κ2) is 10.3. The number of primary amides is 1. The highest BCUT2D eigenvalue weighted by Gasteiger charge is 2.54. The molecule has 0 saturated heterocycles. The van der Waals surface area contributed by atoms with Crippen LogP contribution in [0.15, 0.2) is 24.5 Å². The summed E-state index contributed by atoms with van der Waals surface area (Å²) >= 11 is 0. The van der Waals surface area contributed by atoms with Gasteiger partial charge < -0.3 is 30.4 Å². The highest BCUT2D eigenvalue weighted by Crippen LogP contribution is 2.57. The summed E-state index contributed by atoms with van der Waals surface area (Å²) in [6, 6.07) is 3.83. The molecule has 12 heteroatoms. The Hall–Kier alpha value is -3.64. The lowest BCUT2D eigenvalue weighted by Gasteiger charge is -2.57. The van der Waals surface area contributed by atoms with Crippen molar-refractivity contribution in [3.8, 4) is 11.6 Å². The van der Waals surface area contributed by atoms with Crippen molar-refractivity contribution < 1.29 is 28.9 Å². The lowest BCUT2D eigenvalue weighted by molar-refractivity contribution is -0.0863. The Morgan fingerprint density at radius 2 is 1.88 bits per heavy atom. The van der Waals surface area contributed by atoms with E-state index in [-0.39, 0.29) is 35.6 Å². The van der Waals surface area contributed by atoms with Crippen molar-refractivity contribution in [1.82, 2.24) is 24.7 Å². The third-order valence-corrected chi connectivity index (χ3v) is 8.33. The average Bonchev–Trinajstić information content (AvgIpc) is 3.48. The number of nitrogens with two attached hydrogens (primary N) is 1. The van der Waals surface area contributed by atoms with Crippen LogP contribution in [0.1, 0.15) is 84.7 Å². The molecule has 0 unspecified atom stereocenters. The van der Waals surface area contributed by atoms with Gasteiger partial charge >= 0.3 is 0 Å². The van der Waals surface area contributed by atoms with E-state index < -0.39 is 11.5 Å². The zero-order valence-corrected chi connectivity index (χ0v) is 23.8. The molecule has 4 N–H and O–H groups in total. The predicted octanol–water partition coefficient (Wildman–Crippen LogP) is 2.42. The number of carbonyl (C=O) groups excluding carboxylic acids is 2. The van der Waals surface area contributed by atoms with E-state index in [2.05, 4.69) is 15.5 Å². The van der Waals surface area contributed by atoms with Crippen LogP contribution in [0.3, 0.4) is 0 Å². The maximum atomic E-state index is 13.3. The van der Waals surface area contributed by atoms with Crippen molar-refractivity contribution in [2.75, 3.05) is 20.3 Å². The first-order chi connectivity index (χ1) is 19.6. The Kier molecular flexibility index (Phi) is 6.93. The number of methoxy groups -OCH3 is 1. The fourth-order valence-electron chi connectivity index (χ4n) is 6.17. The number of aliphatic hydroxyl groups is 1. The maximum absolute atomic E-state index is 13.3. The molecule has 1 spiro atoms. The first-order valence-corrected chi connectivity index (χ1v) is 14.2. The minimum absolute atomic E-state index is 0.0315. The van der Waals surface area contributed by atoms with E-state index in [1.165, 1.54) is 6.20 Å². The molecule has 0 radical (unpaired) electrons. The molecule has 41 heavy (non-hydrogen) atoms. The number of nitrogens with zero attached hydrogens (tertiary/aromatic N) is 4. The molecule has 0 aliphatic heterocycles. The van der Waals surface area contributed by atoms with E-state index in [9.17, 15) is 14.7 Å². The summed E-state index contributed by atoms with van der Waals surface area (Å²) in [5, 5.41) is 22.1. The molecular weight excluding hydrogens is 528 g/mol. The first kappa shape index (κ1) is 27.5. The van der Waals surface area contributed by atoms with E-state index in [4.69, 9.17) is 19.9 Å². The van der Waals surface area contributed by atoms with Crippen molar-refractivity contribution >= 4 is 17.3 Å². The van der Waals surface area contributed by atoms with Crippen LogP contribution >= 0.6 is 0 Å². The number of hydrogen-bond acceptors (Lipinski definition) is 8. The third kappa shape index (κ3) is 5.50. The topological polar surface area (TPSA) is 155 Å². The number of hydrogen-bond donors (Lipinski definition) is 3. The molecule has 0 atom stereocenters. The van der Waals surface area contributed by atoms with E-state index in [0.717, 1.165) is 49.7 Å². The Labute approximate surface area is 238 Å². The van der Waals surface area contributed by atoms with Crippen LogP contribution in [0.25, 0.3) is 5.52 Å². The van der Waals surface area contributed by atoms with Crippen LogP contribution in [0.2, 0.25) is 0 Å². The second-order valence-corrected chi connectivity index (χ2v) is 12.5. The lowest BCUT2D eigenvalue weighted by atomic mass is 9.53. The number of pyridine rings is 1. The van der Waals surface area contributed by atoms with Crippen LogP contribution < -0.4 is 20.5 Å². The van der Waals surface area contributed by atoms with Crippen LogP contribution in [0.5, 0.6) is 11.6 Å². The first-order valence-electron chi connectivity index (χ1n) is 14.2. The molecule has 3 aromatic heterocycles. The molecule has 3 heterocycles. The Bertz CT molecular complexity index is 1450. The van der Waals surface area contributed by atoms with Crippen molar-refractivity contribution in [1.29, 1.82) is 0 Å². The fraction of sp³-hybridized carbons (Fsp3) is 0.586. The van der Waals surface area contributed by atoms with Crippen molar-refractivity contribution in [3.05, 3.63) is 41.3 Å². The zero-order valence-electron chi connectivity index (χ0n) is 23.8. The van der Waals surface area contributed by atoms with E-state index in [0.29, 0.717) is 36.3 Å². The van der Waals surface area contributed by atoms with Gasteiger partial charge in [0.25, 0.3) is 11.8 Å². The minimum Gasteiger partial charge on any atom is -0.489 e. The zero-order chi connectivity index (χ0) is 28.9. The largest absolute Gasteiger partial charge is 0.489 e. The van der Waals surface area contributed by atoms with Gasteiger partial charge in [-0.15, -0.1) is 0 Å². The normalized spacial score (nSPS) is 23.7. The van der Waals surface area contributed by atoms with Crippen LogP contribution in [-0.4, -0.2) is 74.4 Å². The number of nitrogens with one attached hydrogen (secondary N) is 1. The molecule has 3 saturated carbocycles. The average molecular weight is 567 g/mol. The van der Waals surface area contributed by atoms with E-state index >= 15 is 0 Å². The van der Waals surface area contributed by atoms with Gasteiger partial charge in [0.15, 0.2) is 0 Å². The van der Waals surface area contributed by atoms with Gasteiger partial charge in [0.2, 0.25) is 5.88 Å². The molecular formula is C29H38N6O6. The van der Waals surface area contributed by atoms with E-state index in [1.54, 1.807) is 31.8 Å². The van der Waals surface area contributed by atoms with Gasteiger partial charge in [0.1, 0.15) is 24.0 Å². The molecule has 3 fully saturated rings. The summed E-state index contributed by atoms with van der Waals surface area (Å²) in [6.45, 7) is 4.50. The molecule has 2 amide bonds. The molecule has 6 rings (SSSR count).